The molecule has 0 spiro atoms. The molecule has 1 nitrogen and oxygen atoms in total. The maximum absolute atomic E-state index is 3.45. The van der Waals surface area contributed by atoms with Gasteiger partial charge in [-0.25, -0.2) is 0 Å². The van der Waals surface area contributed by atoms with Crippen molar-refractivity contribution in [2.24, 2.45) is 0 Å². The summed E-state index contributed by atoms with van der Waals surface area (Å²) >= 11 is 1.85. The van der Waals surface area contributed by atoms with Crippen molar-refractivity contribution in [3.63, 3.8) is 0 Å². The molecule has 0 aliphatic carbocycles. The van der Waals surface area contributed by atoms with E-state index in [4.69, 9.17) is 0 Å². The lowest BCUT2D eigenvalue weighted by atomic mass is 9.98. The molecule has 0 saturated carbocycles. The maximum Gasteiger partial charge on any atom is 0.0346 e. The predicted molar refractivity (Wildman–Crippen MR) is 64.4 cm³/mol. The molecule has 1 aromatic heterocycles. The third kappa shape index (κ3) is 1.44. The van der Waals surface area contributed by atoms with Crippen molar-refractivity contribution in [2.45, 2.75) is 12.5 Å². The van der Waals surface area contributed by atoms with Crippen LogP contribution in [0, 0.1) is 0 Å². The second-order valence-electron chi connectivity index (χ2n) is 3.48. The first kappa shape index (κ1) is 9.97. The quantitative estimate of drug-likeness (QED) is 0.785. The van der Waals surface area contributed by atoms with E-state index in [0.29, 0.717) is 6.04 Å². The van der Waals surface area contributed by atoms with Gasteiger partial charge >= 0.3 is 0 Å². The van der Waals surface area contributed by atoms with E-state index in [0.717, 1.165) is 0 Å². The van der Waals surface area contributed by atoms with Crippen molar-refractivity contribution in [3.05, 3.63) is 35.2 Å². The highest BCUT2D eigenvalue weighted by Crippen LogP contribution is 2.33. The lowest BCUT2D eigenvalue weighted by Crippen LogP contribution is -2.34. The number of hydrogen-bond acceptors (Lipinski definition) is 2. The SMILES string of the molecule is Cl.c1ccc2c([C@@H]3CCN3)csc2c1. The first-order valence-electron chi connectivity index (χ1n) is 4.65. The van der Waals surface area contributed by atoms with Gasteiger partial charge in [0.2, 0.25) is 0 Å². The summed E-state index contributed by atoms with van der Waals surface area (Å²) in [5, 5.41) is 7.17. The molecule has 2 aromatic rings. The molecule has 0 unspecified atom stereocenters. The van der Waals surface area contributed by atoms with Gasteiger partial charge in [-0.2, -0.15) is 0 Å². The van der Waals surface area contributed by atoms with Crippen LogP contribution in [-0.4, -0.2) is 6.54 Å². The van der Waals surface area contributed by atoms with Crippen LogP contribution in [0.4, 0.5) is 0 Å². The van der Waals surface area contributed by atoms with Gasteiger partial charge in [-0.3, -0.25) is 0 Å². The zero-order valence-corrected chi connectivity index (χ0v) is 9.33. The minimum Gasteiger partial charge on any atom is -0.310 e. The summed E-state index contributed by atoms with van der Waals surface area (Å²) in [6, 6.07) is 9.27. The summed E-state index contributed by atoms with van der Waals surface area (Å²) in [5.41, 5.74) is 1.49. The molecule has 2 heterocycles. The number of rotatable bonds is 1. The standard InChI is InChI=1S/C11H11NS.ClH/c1-2-4-11-8(3-1)9(7-13-11)10-5-6-12-10;/h1-4,7,10,12H,5-6H2;1H/t10-;/m0./s1. The van der Waals surface area contributed by atoms with Gasteiger partial charge in [0, 0.05) is 10.7 Å². The van der Waals surface area contributed by atoms with Crippen LogP contribution in [0.25, 0.3) is 10.1 Å². The fourth-order valence-corrected chi connectivity index (χ4v) is 2.84. The smallest absolute Gasteiger partial charge is 0.0346 e. The Morgan fingerprint density at radius 2 is 2.07 bits per heavy atom. The molecule has 74 valence electrons. The number of benzene rings is 1. The summed E-state index contributed by atoms with van der Waals surface area (Å²) in [6.07, 6.45) is 1.29. The molecule has 14 heavy (non-hydrogen) atoms. The van der Waals surface area contributed by atoms with E-state index in [1.54, 1.807) is 0 Å². The Balaban J connectivity index is 0.000000750. The van der Waals surface area contributed by atoms with E-state index >= 15 is 0 Å². The molecule has 1 fully saturated rings. The molecular weight excluding hydrogens is 214 g/mol. The monoisotopic (exact) mass is 225 g/mol. The molecule has 0 amide bonds. The summed E-state index contributed by atoms with van der Waals surface area (Å²) in [6.45, 7) is 1.18. The predicted octanol–water partition coefficient (Wildman–Crippen LogP) is 3.36. The third-order valence-corrected chi connectivity index (χ3v) is 3.69. The number of halogens is 1. The molecule has 1 aliphatic rings. The van der Waals surface area contributed by atoms with E-state index in [9.17, 15) is 0 Å². The van der Waals surface area contributed by atoms with Gasteiger partial charge in [-0.15, -0.1) is 23.7 Å². The number of hydrogen-bond donors (Lipinski definition) is 1. The largest absolute Gasteiger partial charge is 0.310 e. The highest BCUT2D eigenvalue weighted by molar-refractivity contribution is 7.17. The number of fused-ring (bicyclic) bond motifs is 1. The van der Waals surface area contributed by atoms with E-state index in [1.165, 1.54) is 28.6 Å². The number of thiophene rings is 1. The van der Waals surface area contributed by atoms with E-state index in [-0.39, 0.29) is 12.4 Å². The van der Waals surface area contributed by atoms with Crippen molar-refractivity contribution < 1.29 is 0 Å². The molecule has 1 saturated heterocycles. The Kier molecular flexibility index (Phi) is 2.77. The zero-order chi connectivity index (χ0) is 8.67. The average molecular weight is 226 g/mol. The Bertz CT molecular complexity index is 434. The number of nitrogens with one attached hydrogen (secondary N) is 1. The van der Waals surface area contributed by atoms with E-state index in [2.05, 4.69) is 35.0 Å². The van der Waals surface area contributed by atoms with E-state index < -0.39 is 0 Å². The van der Waals surface area contributed by atoms with Crippen LogP contribution in [0.3, 0.4) is 0 Å². The van der Waals surface area contributed by atoms with Crippen molar-refractivity contribution >= 4 is 33.8 Å². The molecule has 3 rings (SSSR count). The molecular formula is C11H12ClNS. The first-order valence-corrected chi connectivity index (χ1v) is 5.52. The zero-order valence-electron chi connectivity index (χ0n) is 7.69. The van der Waals surface area contributed by atoms with Crippen molar-refractivity contribution in [3.8, 4) is 0 Å². The van der Waals surface area contributed by atoms with Gasteiger partial charge in [0.15, 0.2) is 0 Å². The highest BCUT2D eigenvalue weighted by atomic mass is 35.5. The Morgan fingerprint density at radius 1 is 1.29 bits per heavy atom. The Hall–Kier alpha value is -0.570. The van der Waals surface area contributed by atoms with Gasteiger partial charge in [-0.05, 0) is 35.4 Å². The molecule has 1 aliphatic heterocycles. The van der Waals surface area contributed by atoms with Crippen LogP contribution < -0.4 is 5.32 Å². The summed E-state index contributed by atoms with van der Waals surface area (Å²) in [4.78, 5) is 0. The average Bonchev–Trinajstić information content (AvgIpc) is 2.47. The van der Waals surface area contributed by atoms with Crippen molar-refractivity contribution in [1.29, 1.82) is 0 Å². The second kappa shape index (κ2) is 3.89. The lowest BCUT2D eigenvalue weighted by Gasteiger charge is -2.27. The topological polar surface area (TPSA) is 12.0 Å². The van der Waals surface area contributed by atoms with Gasteiger partial charge in [0.05, 0.1) is 0 Å². The third-order valence-electron chi connectivity index (χ3n) is 2.71. The fourth-order valence-electron chi connectivity index (χ4n) is 1.82. The first-order chi connectivity index (χ1) is 6.45. The normalized spacial score (nSPS) is 20.1. The second-order valence-corrected chi connectivity index (χ2v) is 4.39. The van der Waals surface area contributed by atoms with Crippen molar-refractivity contribution in [2.75, 3.05) is 6.54 Å². The van der Waals surface area contributed by atoms with Gasteiger partial charge in [0.25, 0.3) is 0 Å². The van der Waals surface area contributed by atoms with Crippen LogP contribution in [0.5, 0.6) is 0 Å². The van der Waals surface area contributed by atoms with Crippen LogP contribution in [0.15, 0.2) is 29.6 Å². The molecule has 1 atom stereocenters. The van der Waals surface area contributed by atoms with E-state index in [1.807, 2.05) is 11.3 Å². The van der Waals surface area contributed by atoms with Gasteiger partial charge in [-0.1, -0.05) is 18.2 Å². The molecule has 1 N–H and O–H groups in total. The van der Waals surface area contributed by atoms with Crippen LogP contribution in [0.1, 0.15) is 18.0 Å². The van der Waals surface area contributed by atoms with Crippen LogP contribution >= 0.6 is 23.7 Å². The minimum atomic E-state index is 0. The summed E-state index contributed by atoms with van der Waals surface area (Å²) < 4.78 is 1.41. The van der Waals surface area contributed by atoms with Gasteiger partial charge < -0.3 is 5.32 Å². The fraction of sp³-hybridized carbons (Fsp3) is 0.273. The van der Waals surface area contributed by atoms with Crippen LogP contribution in [0.2, 0.25) is 0 Å². The molecule has 0 bridgehead atoms. The Labute approximate surface area is 93.5 Å². The molecule has 1 aromatic carbocycles. The lowest BCUT2D eigenvalue weighted by molar-refractivity contribution is 0.386. The minimum absolute atomic E-state index is 0. The summed E-state index contributed by atoms with van der Waals surface area (Å²) in [7, 11) is 0. The van der Waals surface area contributed by atoms with Crippen LogP contribution in [-0.2, 0) is 0 Å². The maximum atomic E-state index is 3.45. The Morgan fingerprint density at radius 3 is 2.79 bits per heavy atom. The van der Waals surface area contributed by atoms with Crippen molar-refractivity contribution in [1.82, 2.24) is 5.32 Å². The highest BCUT2D eigenvalue weighted by Gasteiger charge is 2.20. The molecule has 0 radical (unpaired) electrons. The summed E-state index contributed by atoms with van der Waals surface area (Å²) in [5.74, 6) is 0. The van der Waals surface area contributed by atoms with Gasteiger partial charge in [0.1, 0.15) is 0 Å². The molecule has 3 heteroatoms.